The van der Waals surface area contributed by atoms with Crippen molar-refractivity contribution in [3.05, 3.63) is 59.5 Å². The van der Waals surface area contributed by atoms with Gasteiger partial charge in [-0.2, -0.15) is 0 Å². The van der Waals surface area contributed by atoms with E-state index in [9.17, 15) is 18.8 Å². The van der Waals surface area contributed by atoms with Crippen molar-refractivity contribution in [1.29, 1.82) is 0 Å². The number of hydrogen-bond acceptors (Lipinski definition) is 5. The summed E-state index contributed by atoms with van der Waals surface area (Å²) in [4.78, 5) is 40.8. The van der Waals surface area contributed by atoms with Gasteiger partial charge in [-0.1, -0.05) is 18.2 Å². The maximum absolute atomic E-state index is 13.4. The Kier molecular flexibility index (Phi) is 10.0. The van der Waals surface area contributed by atoms with E-state index in [0.29, 0.717) is 25.1 Å². The van der Waals surface area contributed by atoms with E-state index in [4.69, 9.17) is 9.47 Å². The highest BCUT2D eigenvalue weighted by Crippen LogP contribution is 2.28. The average Bonchev–Trinajstić information content (AvgIpc) is 3.19. The lowest BCUT2D eigenvalue weighted by Gasteiger charge is -2.24. The Bertz CT molecular complexity index is 1370. The van der Waals surface area contributed by atoms with Crippen molar-refractivity contribution in [3.8, 4) is 11.1 Å². The summed E-state index contributed by atoms with van der Waals surface area (Å²) in [6.07, 6.45) is -0.0962. The normalized spacial score (nSPS) is 12.5. The van der Waals surface area contributed by atoms with Crippen LogP contribution < -0.4 is 16.0 Å². The molecule has 0 aliphatic carbocycles. The second-order valence-electron chi connectivity index (χ2n) is 12.0. The third-order valence-electron chi connectivity index (χ3n) is 6.09. The molecule has 0 radical (unpaired) electrons. The van der Waals surface area contributed by atoms with Crippen LogP contribution in [0.2, 0.25) is 0 Å². The summed E-state index contributed by atoms with van der Waals surface area (Å²) in [5.41, 5.74) is 2.50. The molecule has 0 aliphatic heterocycles. The van der Waals surface area contributed by atoms with Gasteiger partial charge >= 0.3 is 12.2 Å². The van der Waals surface area contributed by atoms with Gasteiger partial charge in [-0.3, -0.25) is 4.79 Å². The van der Waals surface area contributed by atoms with Gasteiger partial charge < -0.3 is 30.4 Å². The molecule has 0 saturated carbocycles. The third-order valence-corrected chi connectivity index (χ3v) is 6.09. The lowest BCUT2D eigenvalue weighted by molar-refractivity contribution is 0.0487. The summed E-state index contributed by atoms with van der Waals surface area (Å²) < 4.78 is 24.0. The highest BCUT2D eigenvalue weighted by molar-refractivity contribution is 6.01. The van der Waals surface area contributed by atoms with Crippen LogP contribution in [0.3, 0.4) is 0 Å². The van der Waals surface area contributed by atoms with Gasteiger partial charge in [0.15, 0.2) is 0 Å². The van der Waals surface area contributed by atoms with E-state index in [1.165, 1.54) is 12.1 Å². The number of rotatable bonds is 9. The molecule has 41 heavy (non-hydrogen) atoms. The SMILES string of the molecule is Cc1c(C(=O)NCC(CCCNC(=O)OC(C)(C)C)NC(=O)OC(C)(C)C)[nH]c2ccc(-c3ccc(F)cc3)cc12. The number of fused-ring (bicyclic) bond motifs is 1. The third kappa shape index (κ3) is 9.81. The molecule has 222 valence electrons. The first kappa shape index (κ1) is 31.4. The lowest BCUT2D eigenvalue weighted by atomic mass is 10.0. The van der Waals surface area contributed by atoms with Crippen LogP contribution in [-0.2, 0) is 9.47 Å². The molecule has 1 atom stereocenters. The second kappa shape index (κ2) is 13.1. The molecular formula is C31H41FN4O5. The van der Waals surface area contributed by atoms with Gasteiger partial charge in [0.25, 0.3) is 5.91 Å². The topological polar surface area (TPSA) is 122 Å². The molecule has 0 saturated heterocycles. The molecule has 3 rings (SSSR count). The van der Waals surface area contributed by atoms with E-state index in [1.807, 2.05) is 25.1 Å². The van der Waals surface area contributed by atoms with Gasteiger partial charge in [0.1, 0.15) is 22.7 Å². The minimum atomic E-state index is -0.676. The van der Waals surface area contributed by atoms with Crippen LogP contribution in [0.15, 0.2) is 42.5 Å². The second-order valence-corrected chi connectivity index (χ2v) is 12.0. The summed E-state index contributed by atoms with van der Waals surface area (Å²) in [5, 5.41) is 9.31. The Balaban J connectivity index is 1.66. The van der Waals surface area contributed by atoms with Crippen LogP contribution in [0.25, 0.3) is 22.0 Å². The minimum absolute atomic E-state index is 0.153. The van der Waals surface area contributed by atoms with E-state index in [1.54, 1.807) is 53.7 Å². The molecule has 1 heterocycles. The fourth-order valence-corrected chi connectivity index (χ4v) is 4.23. The van der Waals surface area contributed by atoms with Crippen molar-refractivity contribution in [3.63, 3.8) is 0 Å². The van der Waals surface area contributed by atoms with E-state index in [0.717, 1.165) is 27.6 Å². The Labute approximate surface area is 240 Å². The van der Waals surface area contributed by atoms with E-state index < -0.39 is 29.4 Å². The molecule has 0 spiro atoms. The van der Waals surface area contributed by atoms with Crippen molar-refractivity contribution in [1.82, 2.24) is 20.9 Å². The largest absolute Gasteiger partial charge is 0.444 e. The van der Waals surface area contributed by atoms with E-state index in [2.05, 4.69) is 20.9 Å². The fraction of sp³-hybridized carbons (Fsp3) is 0.452. The van der Waals surface area contributed by atoms with Crippen molar-refractivity contribution in [2.45, 2.75) is 78.6 Å². The molecule has 1 unspecified atom stereocenters. The number of H-pyrrole nitrogens is 1. The number of halogens is 1. The van der Waals surface area contributed by atoms with Gasteiger partial charge in [-0.25, -0.2) is 14.0 Å². The molecule has 10 heteroatoms. The predicted molar refractivity (Wildman–Crippen MR) is 157 cm³/mol. The van der Waals surface area contributed by atoms with Crippen LogP contribution in [0.4, 0.5) is 14.0 Å². The number of nitrogens with one attached hydrogen (secondary N) is 4. The highest BCUT2D eigenvalue weighted by atomic mass is 19.1. The van der Waals surface area contributed by atoms with Crippen molar-refractivity contribution < 1.29 is 28.2 Å². The standard InChI is InChI=1S/C31H41FN4O5/c1-19-24-17-21(20-10-13-22(32)14-11-20)12-15-25(24)36-26(19)27(37)34-18-23(35-29(39)41-31(5,6)7)9-8-16-33-28(38)40-30(2,3)4/h10-15,17,23,36H,8-9,16,18H2,1-7H3,(H,33,38)(H,34,37)(H,35,39). The van der Waals surface area contributed by atoms with Crippen molar-refractivity contribution in [2.24, 2.45) is 0 Å². The maximum Gasteiger partial charge on any atom is 0.407 e. The number of carbonyl (C=O) groups is 3. The first-order valence-corrected chi connectivity index (χ1v) is 13.7. The maximum atomic E-state index is 13.4. The molecule has 2 aromatic carbocycles. The summed E-state index contributed by atoms with van der Waals surface area (Å²) in [6, 6.07) is 11.6. The summed E-state index contributed by atoms with van der Waals surface area (Å²) in [5.74, 6) is -0.615. The van der Waals surface area contributed by atoms with Gasteiger partial charge in [0, 0.05) is 30.0 Å². The number of hydrogen-bond donors (Lipinski definition) is 4. The lowest BCUT2D eigenvalue weighted by Crippen LogP contribution is -2.46. The fourth-order valence-electron chi connectivity index (χ4n) is 4.23. The van der Waals surface area contributed by atoms with Gasteiger partial charge in [-0.05, 0) is 102 Å². The molecule has 0 bridgehead atoms. The summed E-state index contributed by atoms with van der Waals surface area (Å²) in [7, 11) is 0. The average molecular weight is 569 g/mol. The molecule has 0 aliphatic rings. The summed E-state index contributed by atoms with van der Waals surface area (Å²) in [6.45, 7) is 13.0. The molecule has 9 nitrogen and oxygen atoms in total. The van der Waals surface area contributed by atoms with Crippen LogP contribution >= 0.6 is 0 Å². The summed E-state index contributed by atoms with van der Waals surface area (Å²) >= 11 is 0. The zero-order valence-electron chi connectivity index (χ0n) is 24.9. The molecule has 3 aromatic rings. The van der Waals surface area contributed by atoms with Crippen LogP contribution in [0.1, 0.15) is 70.4 Å². The monoisotopic (exact) mass is 568 g/mol. The van der Waals surface area contributed by atoms with E-state index in [-0.39, 0.29) is 18.3 Å². The number of aryl methyl sites for hydroxylation is 1. The van der Waals surface area contributed by atoms with Gasteiger partial charge in [-0.15, -0.1) is 0 Å². The highest BCUT2D eigenvalue weighted by Gasteiger charge is 2.22. The zero-order valence-corrected chi connectivity index (χ0v) is 24.9. The number of alkyl carbamates (subject to hydrolysis) is 2. The number of aromatic nitrogens is 1. The Morgan fingerprint density at radius 2 is 1.49 bits per heavy atom. The first-order valence-electron chi connectivity index (χ1n) is 13.7. The number of aromatic amines is 1. The quantitative estimate of drug-likeness (QED) is 0.229. The smallest absolute Gasteiger partial charge is 0.407 e. The number of carbonyl (C=O) groups excluding carboxylic acids is 3. The van der Waals surface area contributed by atoms with Gasteiger partial charge in [0.05, 0.1) is 0 Å². The number of benzene rings is 2. The Morgan fingerprint density at radius 3 is 2.12 bits per heavy atom. The van der Waals surface area contributed by atoms with Crippen molar-refractivity contribution >= 4 is 29.0 Å². The first-order chi connectivity index (χ1) is 19.1. The molecule has 1 aromatic heterocycles. The van der Waals surface area contributed by atoms with Crippen LogP contribution in [-0.4, -0.2) is 53.4 Å². The van der Waals surface area contributed by atoms with Crippen LogP contribution in [0, 0.1) is 12.7 Å². The Hall–Kier alpha value is -4.08. The number of ether oxygens (including phenoxy) is 2. The minimum Gasteiger partial charge on any atom is -0.444 e. The Morgan fingerprint density at radius 1 is 0.878 bits per heavy atom. The molecular weight excluding hydrogens is 527 g/mol. The predicted octanol–water partition coefficient (Wildman–Crippen LogP) is 6.21. The molecule has 4 N–H and O–H groups in total. The zero-order chi connectivity index (χ0) is 30.4. The van der Waals surface area contributed by atoms with E-state index >= 15 is 0 Å². The number of amides is 3. The molecule has 0 fully saturated rings. The van der Waals surface area contributed by atoms with Crippen molar-refractivity contribution in [2.75, 3.05) is 13.1 Å². The van der Waals surface area contributed by atoms with Crippen LogP contribution in [0.5, 0.6) is 0 Å². The molecule has 3 amide bonds. The van der Waals surface area contributed by atoms with Gasteiger partial charge in [0.2, 0.25) is 0 Å².